The lowest BCUT2D eigenvalue weighted by molar-refractivity contribution is 0.103. The lowest BCUT2D eigenvalue weighted by Crippen LogP contribution is -2.04. The van der Waals surface area contributed by atoms with Gasteiger partial charge in [0.2, 0.25) is 0 Å². The fourth-order valence-corrected chi connectivity index (χ4v) is 2.12. The Morgan fingerprint density at radius 2 is 1.95 bits per heavy atom. The molecule has 0 saturated heterocycles. The highest BCUT2D eigenvalue weighted by Gasteiger charge is 2.18. The molecular formula is C14H9BrF2O2. The molecular weight excluding hydrogens is 318 g/mol. The molecule has 0 aromatic heterocycles. The Morgan fingerprint density at radius 1 is 1.21 bits per heavy atom. The molecule has 2 aromatic rings. The molecule has 2 aromatic carbocycles. The van der Waals surface area contributed by atoms with Crippen LogP contribution in [0.2, 0.25) is 0 Å². The first-order valence-electron chi connectivity index (χ1n) is 5.37. The van der Waals surface area contributed by atoms with E-state index in [0.717, 1.165) is 6.07 Å². The van der Waals surface area contributed by atoms with Crippen molar-refractivity contribution in [2.75, 3.05) is 7.11 Å². The molecule has 0 bridgehead atoms. The van der Waals surface area contributed by atoms with Crippen LogP contribution in [0.25, 0.3) is 0 Å². The number of carbonyl (C=O) groups excluding carboxylic acids is 1. The van der Waals surface area contributed by atoms with Gasteiger partial charge < -0.3 is 4.74 Å². The van der Waals surface area contributed by atoms with Crippen molar-refractivity contribution in [2.24, 2.45) is 0 Å². The van der Waals surface area contributed by atoms with Gasteiger partial charge in [-0.15, -0.1) is 0 Å². The molecule has 2 rings (SSSR count). The normalized spacial score (nSPS) is 10.3. The Morgan fingerprint density at radius 3 is 2.63 bits per heavy atom. The first-order valence-corrected chi connectivity index (χ1v) is 6.16. The predicted octanol–water partition coefficient (Wildman–Crippen LogP) is 3.97. The zero-order chi connectivity index (χ0) is 14.0. The van der Waals surface area contributed by atoms with Crippen molar-refractivity contribution in [3.63, 3.8) is 0 Å². The summed E-state index contributed by atoms with van der Waals surface area (Å²) in [7, 11) is 1.48. The van der Waals surface area contributed by atoms with Crippen LogP contribution in [0.1, 0.15) is 15.9 Å². The number of rotatable bonds is 3. The van der Waals surface area contributed by atoms with Gasteiger partial charge in [-0.05, 0) is 40.2 Å². The molecule has 0 atom stereocenters. The largest absolute Gasteiger partial charge is 0.497 e. The summed E-state index contributed by atoms with van der Waals surface area (Å²) in [6.07, 6.45) is 0. The van der Waals surface area contributed by atoms with E-state index in [-0.39, 0.29) is 10.0 Å². The fraction of sp³-hybridized carbons (Fsp3) is 0.0714. The number of methoxy groups -OCH3 is 1. The molecule has 0 radical (unpaired) electrons. The SMILES string of the molecule is COc1cccc(C(=O)c2ccc(F)c(F)c2Br)c1. The quantitative estimate of drug-likeness (QED) is 0.630. The molecule has 0 N–H and O–H groups in total. The number of hydrogen-bond donors (Lipinski definition) is 0. The van der Waals surface area contributed by atoms with Crippen LogP contribution in [-0.2, 0) is 0 Å². The van der Waals surface area contributed by atoms with E-state index in [1.165, 1.54) is 19.2 Å². The van der Waals surface area contributed by atoms with Crippen LogP contribution in [0, 0.1) is 11.6 Å². The van der Waals surface area contributed by atoms with Gasteiger partial charge in [-0.3, -0.25) is 4.79 Å². The number of benzene rings is 2. The standard InChI is InChI=1S/C14H9BrF2O2/c1-19-9-4-2-3-8(7-9)14(18)10-5-6-11(16)13(17)12(10)15/h2-7H,1H3. The summed E-state index contributed by atoms with van der Waals surface area (Å²) < 4.78 is 31.3. The van der Waals surface area contributed by atoms with Crippen LogP contribution in [0.5, 0.6) is 5.75 Å². The van der Waals surface area contributed by atoms with Gasteiger partial charge >= 0.3 is 0 Å². The lowest BCUT2D eigenvalue weighted by atomic mass is 10.0. The number of ketones is 1. The van der Waals surface area contributed by atoms with Crippen molar-refractivity contribution in [2.45, 2.75) is 0 Å². The number of carbonyl (C=O) groups is 1. The molecule has 0 aliphatic heterocycles. The van der Waals surface area contributed by atoms with Gasteiger partial charge in [0.25, 0.3) is 0 Å². The van der Waals surface area contributed by atoms with E-state index in [1.54, 1.807) is 18.2 Å². The molecule has 0 spiro atoms. The summed E-state index contributed by atoms with van der Waals surface area (Å²) in [6.45, 7) is 0. The van der Waals surface area contributed by atoms with E-state index >= 15 is 0 Å². The summed E-state index contributed by atoms with van der Waals surface area (Å²) in [5.41, 5.74) is 0.401. The summed E-state index contributed by atoms with van der Waals surface area (Å²) in [6, 6.07) is 8.63. The average molecular weight is 327 g/mol. The Hall–Kier alpha value is -1.75. The molecule has 0 fully saturated rings. The second-order valence-corrected chi connectivity index (χ2v) is 4.58. The topological polar surface area (TPSA) is 26.3 Å². The molecule has 0 aliphatic rings. The molecule has 0 unspecified atom stereocenters. The summed E-state index contributed by atoms with van der Waals surface area (Å²) in [5.74, 6) is -1.97. The van der Waals surface area contributed by atoms with E-state index < -0.39 is 17.4 Å². The van der Waals surface area contributed by atoms with Crippen LogP contribution in [0.15, 0.2) is 40.9 Å². The average Bonchev–Trinajstić information content (AvgIpc) is 2.44. The van der Waals surface area contributed by atoms with Gasteiger partial charge in [0.1, 0.15) is 5.75 Å². The second kappa shape index (κ2) is 5.48. The van der Waals surface area contributed by atoms with E-state index in [0.29, 0.717) is 11.3 Å². The highest BCUT2D eigenvalue weighted by Crippen LogP contribution is 2.26. The molecule has 0 amide bonds. The number of hydrogen-bond acceptors (Lipinski definition) is 2. The van der Waals surface area contributed by atoms with Gasteiger partial charge in [0, 0.05) is 11.1 Å². The van der Waals surface area contributed by atoms with E-state index in [9.17, 15) is 13.6 Å². The van der Waals surface area contributed by atoms with Gasteiger partial charge in [-0.25, -0.2) is 8.78 Å². The van der Waals surface area contributed by atoms with Gasteiger partial charge in [0.15, 0.2) is 17.4 Å². The third-order valence-corrected chi connectivity index (χ3v) is 3.39. The maximum Gasteiger partial charge on any atom is 0.194 e. The van der Waals surface area contributed by atoms with Gasteiger partial charge in [-0.1, -0.05) is 12.1 Å². The Labute approximate surface area is 117 Å². The molecule has 2 nitrogen and oxygen atoms in total. The Kier molecular flexibility index (Phi) is 3.95. The van der Waals surface area contributed by atoms with Crippen molar-refractivity contribution in [3.8, 4) is 5.75 Å². The van der Waals surface area contributed by atoms with E-state index in [1.807, 2.05) is 0 Å². The monoisotopic (exact) mass is 326 g/mol. The van der Waals surface area contributed by atoms with E-state index in [4.69, 9.17) is 4.74 Å². The molecule has 0 heterocycles. The zero-order valence-corrected chi connectivity index (χ0v) is 11.5. The fourth-order valence-electron chi connectivity index (χ4n) is 1.62. The maximum absolute atomic E-state index is 13.4. The Bertz CT molecular complexity index is 641. The van der Waals surface area contributed by atoms with Crippen LogP contribution in [-0.4, -0.2) is 12.9 Å². The first-order chi connectivity index (χ1) is 9.04. The minimum atomic E-state index is -1.08. The van der Waals surface area contributed by atoms with E-state index in [2.05, 4.69) is 15.9 Å². The molecule has 5 heteroatoms. The van der Waals surface area contributed by atoms with Crippen LogP contribution in [0.3, 0.4) is 0 Å². The second-order valence-electron chi connectivity index (χ2n) is 3.78. The molecule has 0 aliphatic carbocycles. The van der Waals surface area contributed by atoms with Crippen molar-refractivity contribution in [1.82, 2.24) is 0 Å². The molecule has 0 saturated carbocycles. The smallest absolute Gasteiger partial charge is 0.194 e. The van der Waals surface area contributed by atoms with Crippen molar-refractivity contribution in [3.05, 3.63) is 63.6 Å². The highest BCUT2D eigenvalue weighted by atomic mass is 79.9. The van der Waals surface area contributed by atoms with Crippen LogP contribution >= 0.6 is 15.9 Å². The third kappa shape index (κ3) is 2.66. The van der Waals surface area contributed by atoms with Crippen molar-refractivity contribution >= 4 is 21.7 Å². The minimum absolute atomic E-state index is 0.0622. The van der Waals surface area contributed by atoms with Crippen LogP contribution < -0.4 is 4.74 Å². The van der Waals surface area contributed by atoms with Gasteiger partial charge in [-0.2, -0.15) is 0 Å². The minimum Gasteiger partial charge on any atom is -0.497 e. The number of ether oxygens (including phenoxy) is 1. The summed E-state index contributed by atoms with van der Waals surface area (Å²) >= 11 is 2.90. The summed E-state index contributed by atoms with van der Waals surface area (Å²) in [4.78, 5) is 12.2. The van der Waals surface area contributed by atoms with Crippen molar-refractivity contribution in [1.29, 1.82) is 0 Å². The van der Waals surface area contributed by atoms with Gasteiger partial charge in [0.05, 0.1) is 11.6 Å². The molecule has 19 heavy (non-hydrogen) atoms. The lowest BCUT2D eigenvalue weighted by Gasteiger charge is -2.07. The first kappa shape index (κ1) is 13.7. The Balaban J connectivity index is 2.47. The zero-order valence-electron chi connectivity index (χ0n) is 9.91. The maximum atomic E-state index is 13.4. The summed E-state index contributed by atoms with van der Waals surface area (Å²) in [5, 5.41) is 0. The molecule has 98 valence electrons. The third-order valence-electron chi connectivity index (χ3n) is 2.61. The van der Waals surface area contributed by atoms with Crippen LogP contribution in [0.4, 0.5) is 8.78 Å². The highest BCUT2D eigenvalue weighted by molar-refractivity contribution is 9.10. The van der Waals surface area contributed by atoms with Crippen molar-refractivity contribution < 1.29 is 18.3 Å². The number of halogens is 3. The predicted molar refractivity (Wildman–Crippen MR) is 70.5 cm³/mol.